The SMILES string of the molecule is CC(=O)C(C)C(=O)N1C(=O)CCC1=O. The molecule has 0 aromatic carbocycles. The van der Waals surface area contributed by atoms with Gasteiger partial charge in [0.2, 0.25) is 17.7 Å². The van der Waals surface area contributed by atoms with Crippen molar-refractivity contribution in [3.05, 3.63) is 0 Å². The molecule has 1 aliphatic heterocycles. The van der Waals surface area contributed by atoms with E-state index in [0.717, 1.165) is 0 Å². The standard InChI is InChI=1S/C9H11NO4/c1-5(6(2)11)9(14)10-7(12)3-4-8(10)13/h5H,3-4H2,1-2H3. The first-order chi connectivity index (χ1) is 6.45. The number of carbonyl (C=O) groups is 4. The van der Waals surface area contributed by atoms with Crippen LogP contribution in [0.4, 0.5) is 0 Å². The van der Waals surface area contributed by atoms with Crippen molar-refractivity contribution in [1.29, 1.82) is 0 Å². The Kier molecular flexibility index (Phi) is 2.78. The Bertz CT molecular complexity index is 305. The van der Waals surface area contributed by atoms with E-state index < -0.39 is 23.6 Å². The molecule has 0 radical (unpaired) electrons. The summed E-state index contributed by atoms with van der Waals surface area (Å²) in [5.41, 5.74) is 0. The van der Waals surface area contributed by atoms with Crippen LogP contribution in [-0.4, -0.2) is 28.4 Å². The summed E-state index contributed by atoms with van der Waals surface area (Å²) in [4.78, 5) is 45.2. The van der Waals surface area contributed by atoms with E-state index in [2.05, 4.69) is 0 Å². The van der Waals surface area contributed by atoms with Crippen molar-refractivity contribution in [3.63, 3.8) is 0 Å². The number of nitrogens with zero attached hydrogens (tertiary/aromatic N) is 1. The number of hydrogen-bond acceptors (Lipinski definition) is 4. The van der Waals surface area contributed by atoms with E-state index in [1.807, 2.05) is 0 Å². The molecule has 5 nitrogen and oxygen atoms in total. The summed E-state index contributed by atoms with van der Waals surface area (Å²) >= 11 is 0. The molecule has 1 aliphatic rings. The van der Waals surface area contributed by atoms with E-state index in [4.69, 9.17) is 0 Å². The molecule has 1 fully saturated rings. The number of amides is 3. The summed E-state index contributed by atoms with van der Waals surface area (Å²) in [6, 6.07) is 0. The lowest BCUT2D eigenvalue weighted by Gasteiger charge is -2.14. The lowest BCUT2D eigenvalue weighted by atomic mass is 10.1. The van der Waals surface area contributed by atoms with Gasteiger partial charge in [-0.25, -0.2) is 4.90 Å². The Balaban J connectivity index is 2.83. The molecule has 0 saturated carbocycles. The molecule has 76 valence electrons. The quantitative estimate of drug-likeness (QED) is 0.457. The van der Waals surface area contributed by atoms with E-state index in [1.165, 1.54) is 13.8 Å². The summed E-state index contributed by atoms with van der Waals surface area (Å²) < 4.78 is 0. The largest absolute Gasteiger partial charge is 0.299 e. The molecule has 3 amide bonds. The van der Waals surface area contributed by atoms with Crippen molar-refractivity contribution in [1.82, 2.24) is 4.90 Å². The van der Waals surface area contributed by atoms with Crippen LogP contribution in [0, 0.1) is 5.92 Å². The molecular weight excluding hydrogens is 186 g/mol. The zero-order valence-electron chi connectivity index (χ0n) is 8.07. The van der Waals surface area contributed by atoms with Gasteiger partial charge in [-0.3, -0.25) is 19.2 Å². The molecule has 0 aromatic heterocycles. The monoisotopic (exact) mass is 197 g/mol. The Morgan fingerprint density at radius 2 is 1.64 bits per heavy atom. The van der Waals surface area contributed by atoms with Crippen LogP contribution >= 0.6 is 0 Å². The molecule has 0 N–H and O–H groups in total. The maximum atomic E-state index is 11.5. The number of imide groups is 3. The molecule has 1 unspecified atom stereocenters. The van der Waals surface area contributed by atoms with Gasteiger partial charge in [0.1, 0.15) is 5.78 Å². The second kappa shape index (κ2) is 3.69. The smallest absolute Gasteiger partial charge is 0.246 e. The number of rotatable bonds is 2. The second-order valence-corrected chi connectivity index (χ2v) is 3.29. The first-order valence-electron chi connectivity index (χ1n) is 4.35. The Morgan fingerprint density at radius 1 is 1.21 bits per heavy atom. The summed E-state index contributed by atoms with van der Waals surface area (Å²) in [5.74, 6) is -2.98. The first-order valence-corrected chi connectivity index (χ1v) is 4.35. The summed E-state index contributed by atoms with van der Waals surface area (Å²) in [7, 11) is 0. The van der Waals surface area contributed by atoms with Crippen LogP contribution in [0.15, 0.2) is 0 Å². The minimum Gasteiger partial charge on any atom is -0.299 e. The van der Waals surface area contributed by atoms with Crippen molar-refractivity contribution in [2.45, 2.75) is 26.7 Å². The van der Waals surface area contributed by atoms with Gasteiger partial charge in [0, 0.05) is 12.8 Å². The third-order valence-corrected chi connectivity index (χ3v) is 2.25. The van der Waals surface area contributed by atoms with E-state index in [0.29, 0.717) is 4.90 Å². The van der Waals surface area contributed by atoms with Crippen LogP contribution in [0.25, 0.3) is 0 Å². The molecular formula is C9H11NO4. The van der Waals surface area contributed by atoms with Crippen molar-refractivity contribution in [2.75, 3.05) is 0 Å². The van der Waals surface area contributed by atoms with Gasteiger partial charge in [-0.05, 0) is 13.8 Å². The fourth-order valence-electron chi connectivity index (χ4n) is 1.19. The minimum absolute atomic E-state index is 0.0647. The van der Waals surface area contributed by atoms with Gasteiger partial charge in [0.25, 0.3) is 0 Å². The fourth-order valence-corrected chi connectivity index (χ4v) is 1.19. The van der Waals surface area contributed by atoms with Crippen LogP contribution in [-0.2, 0) is 19.2 Å². The zero-order valence-corrected chi connectivity index (χ0v) is 8.07. The average Bonchev–Trinajstić information content (AvgIpc) is 2.44. The fraction of sp³-hybridized carbons (Fsp3) is 0.556. The predicted octanol–water partition coefficient (Wildman–Crippen LogP) is -0.113. The van der Waals surface area contributed by atoms with Crippen molar-refractivity contribution >= 4 is 23.5 Å². The summed E-state index contributed by atoms with van der Waals surface area (Å²) in [5, 5.41) is 0. The van der Waals surface area contributed by atoms with Gasteiger partial charge in [0.05, 0.1) is 5.92 Å². The number of carbonyl (C=O) groups excluding carboxylic acids is 4. The third-order valence-electron chi connectivity index (χ3n) is 2.25. The predicted molar refractivity (Wildman–Crippen MR) is 45.9 cm³/mol. The Hall–Kier alpha value is -1.52. The molecule has 1 atom stereocenters. The van der Waals surface area contributed by atoms with Crippen LogP contribution in [0.5, 0.6) is 0 Å². The van der Waals surface area contributed by atoms with Crippen molar-refractivity contribution in [3.8, 4) is 0 Å². The number of hydrogen-bond donors (Lipinski definition) is 0. The maximum Gasteiger partial charge on any atom is 0.246 e. The van der Waals surface area contributed by atoms with E-state index in [-0.39, 0.29) is 18.6 Å². The molecule has 0 bridgehead atoms. The van der Waals surface area contributed by atoms with E-state index in [1.54, 1.807) is 0 Å². The highest BCUT2D eigenvalue weighted by Crippen LogP contribution is 2.15. The van der Waals surface area contributed by atoms with E-state index in [9.17, 15) is 19.2 Å². The first kappa shape index (κ1) is 10.6. The Morgan fingerprint density at radius 3 is 2.00 bits per heavy atom. The van der Waals surface area contributed by atoms with E-state index >= 15 is 0 Å². The molecule has 1 heterocycles. The molecule has 0 aromatic rings. The average molecular weight is 197 g/mol. The highest BCUT2D eigenvalue weighted by molar-refractivity contribution is 6.18. The zero-order chi connectivity index (χ0) is 10.9. The van der Waals surface area contributed by atoms with Gasteiger partial charge >= 0.3 is 0 Å². The number of Topliss-reactive ketones (excluding diaryl/α,β-unsaturated/α-hetero) is 1. The molecule has 14 heavy (non-hydrogen) atoms. The lowest BCUT2D eigenvalue weighted by molar-refractivity contribution is -0.152. The summed E-state index contributed by atoms with van der Waals surface area (Å²) in [6.45, 7) is 2.65. The minimum atomic E-state index is -0.916. The lowest BCUT2D eigenvalue weighted by Crippen LogP contribution is -2.41. The normalized spacial score (nSPS) is 18.6. The van der Waals surface area contributed by atoms with Crippen LogP contribution in [0.2, 0.25) is 0 Å². The van der Waals surface area contributed by atoms with Crippen LogP contribution < -0.4 is 0 Å². The van der Waals surface area contributed by atoms with Crippen molar-refractivity contribution < 1.29 is 19.2 Å². The van der Waals surface area contributed by atoms with Gasteiger partial charge in [-0.15, -0.1) is 0 Å². The summed E-state index contributed by atoms with van der Waals surface area (Å²) in [6.07, 6.45) is 0.129. The van der Waals surface area contributed by atoms with Crippen LogP contribution in [0.3, 0.4) is 0 Å². The van der Waals surface area contributed by atoms with Gasteiger partial charge in [0.15, 0.2) is 0 Å². The number of likely N-dealkylation sites (tertiary alicyclic amines) is 1. The molecule has 0 aliphatic carbocycles. The molecule has 1 rings (SSSR count). The van der Waals surface area contributed by atoms with Crippen LogP contribution in [0.1, 0.15) is 26.7 Å². The second-order valence-electron chi connectivity index (χ2n) is 3.29. The van der Waals surface area contributed by atoms with Gasteiger partial charge in [-0.2, -0.15) is 0 Å². The number of ketones is 1. The Labute approximate surface area is 81.1 Å². The van der Waals surface area contributed by atoms with Gasteiger partial charge in [-0.1, -0.05) is 0 Å². The van der Waals surface area contributed by atoms with Crippen molar-refractivity contribution in [2.24, 2.45) is 5.92 Å². The molecule has 5 heteroatoms. The highest BCUT2D eigenvalue weighted by atomic mass is 16.2. The molecule has 1 saturated heterocycles. The van der Waals surface area contributed by atoms with Gasteiger partial charge < -0.3 is 0 Å². The third kappa shape index (κ3) is 1.71. The topological polar surface area (TPSA) is 71.5 Å². The maximum absolute atomic E-state index is 11.5. The molecule has 0 spiro atoms. The highest BCUT2D eigenvalue weighted by Gasteiger charge is 2.37.